The van der Waals surface area contributed by atoms with Gasteiger partial charge in [0.1, 0.15) is 4.90 Å². The Morgan fingerprint density at radius 1 is 1.55 bits per heavy atom. The number of piperidine rings is 1. The van der Waals surface area contributed by atoms with E-state index in [0.29, 0.717) is 12.4 Å². The van der Waals surface area contributed by atoms with Crippen LogP contribution < -0.4 is 0 Å². The second-order valence-corrected chi connectivity index (χ2v) is 7.58. The third kappa shape index (κ3) is 3.33. The Morgan fingerprint density at radius 3 is 2.95 bits per heavy atom. The highest BCUT2D eigenvalue weighted by atomic mass is 35.5. The summed E-state index contributed by atoms with van der Waals surface area (Å²) in [5.41, 5.74) is 0. The van der Waals surface area contributed by atoms with Gasteiger partial charge in [-0.3, -0.25) is 4.68 Å². The minimum atomic E-state index is -3.48. The first-order chi connectivity index (χ1) is 9.45. The highest BCUT2D eigenvalue weighted by Crippen LogP contribution is 2.21. The Balaban J connectivity index is 2.15. The minimum absolute atomic E-state index is 0.0233. The van der Waals surface area contributed by atoms with Crippen molar-refractivity contribution in [3.8, 4) is 0 Å². The molecule has 0 bridgehead atoms. The van der Waals surface area contributed by atoms with Gasteiger partial charge in [-0.05, 0) is 26.4 Å². The first-order valence-electron chi connectivity index (χ1n) is 6.70. The van der Waals surface area contributed by atoms with Crippen molar-refractivity contribution in [2.75, 3.05) is 33.1 Å². The number of halogens is 1. The van der Waals surface area contributed by atoms with Crippen LogP contribution in [0.1, 0.15) is 12.8 Å². The molecule has 0 saturated carbocycles. The SMILES string of the molecule is CN1CCCC(N(C)S(=O)(=O)c2cnn(CCCl)c2)C1. The number of rotatable bonds is 5. The predicted octanol–water partition coefficient (Wildman–Crippen LogP) is 0.837. The summed E-state index contributed by atoms with van der Waals surface area (Å²) >= 11 is 5.63. The van der Waals surface area contributed by atoms with E-state index in [0.717, 1.165) is 25.9 Å². The molecule has 1 saturated heterocycles. The van der Waals surface area contributed by atoms with Crippen molar-refractivity contribution in [2.45, 2.75) is 30.3 Å². The molecule has 0 aliphatic carbocycles. The number of aryl methyl sites for hydroxylation is 1. The topological polar surface area (TPSA) is 58.4 Å². The molecule has 1 aliphatic heterocycles. The molecule has 1 aliphatic rings. The molecular formula is C12H21ClN4O2S. The van der Waals surface area contributed by atoms with Crippen LogP contribution in [0, 0.1) is 0 Å². The zero-order valence-corrected chi connectivity index (χ0v) is 13.4. The Labute approximate surface area is 125 Å². The van der Waals surface area contributed by atoms with E-state index in [9.17, 15) is 8.42 Å². The summed E-state index contributed by atoms with van der Waals surface area (Å²) in [5, 5.41) is 4.03. The number of alkyl halides is 1. The quantitative estimate of drug-likeness (QED) is 0.754. The van der Waals surface area contributed by atoms with Gasteiger partial charge in [0.25, 0.3) is 0 Å². The molecular weight excluding hydrogens is 300 g/mol. The van der Waals surface area contributed by atoms with Gasteiger partial charge in [0.2, 0.25) is 10.0 Å². The molecule has 20 heavy (non-hydrogen) atoms. The molecule has 2 rings (SSSR count). The fraction of sp³-hybridized carbons (Fsp3) is 0.750. The molecule has 1 unspecified atom stereocenters. The van der Waals surface area contributed by atoms with Crippen LogP contribution in [0.3, 0.4) is 0 Å². The van der Waals surface area contributed by atoms with Crippen LogP contribution in [0.5, 0.6) is 0 Å². The van der Waals surface area contributed by atoms with Gasteiger partial charge in [-0.15, -0.1) is 11.6 Å². The number of hydrogen-bond acceptors (Lipinski definition) is 4. The molecule has 0 spiro atoms. The Bertz CT molecular complexity index is 545. The smallest absolute Gasteiger partial charge is 0.246 e. The lowest BCUT2D eigenvalue weighted by Crippen LogP contribution is -2.47. The van der Waals surface area contributed by atoms with Gasteiger partial charge in [0.05, 0.1) is 12.7 Å². The van der Waals surface area contributed by atoms with Gasteiger partial charge < -0.3 is 4.90 Å². The van der Waals surface area contributed by atoms with Gasteiger partial charge in [-0.2, -0.15) is 9.40 Å². The Hall–Kier alpha value is -0.630. The van der Waals surface area contributed by atoms with Crippen LogP contribution >= 0.6 is 11.6 Å². The van der Waals surface area contributed by atoms with E-state index < -0.39 is 10.0 Å². The van der Waals surface area contributed by atoms with Crippen molar-refractivity contribution >= 4 is 21.6 Å². The lowest BCUT2D eigenvalue weighted by Gasteiger charge is -2.34. The highest BCUT2D eigenvalue weighted by Gasteiger charge is 2.31. The Kier molecular flexibility index (Phi) is 5.06. The summed E-state index contributed by atoms with van der Waals surface area (Å²) in [7, 11) is 0.191. The lowest BCUT2D eigenvalue weighted by molar-refractivity contribution is 0.187. The van der Waals surface area contributed by atoms with E-state index in [4.69, 9.17) is 11.6 Å². The summed E-state index contributed by atoms with van der Waals surface area (Å²) in [4.78, 5) is 2.40. The van der Waals surface area contributed by atoms with E-state index in [-0.39, 0.29) is 10.9 Å². The van der Waals surface area contributed by atoms with Gasteiger partial charge in [0.15, 0.2) is 0 Å². The molecule has 6 nitrogen and oxygen atoms in total. The monoisotopic (exact) mass is 320 g/mol. The number of aromatic nitrogens is 2. The standard InChI is InChI=1S/C12H21ClN4O2S/c1-15-6-3-4-11(9-15)16(2)20(18,19)12-8-14-17(10-12)7-5-13/h8,10-11H,3-7,9H2,1-2H3. The number of hydrogen-bond donors (Lipinski definition) is 0. The maximum absolute atomic E-state index is 12.6. The summed E-state index contributed by atoms with van der Waals surface area (Å²) in [6.45, 7) is 2.30. The summed E-state index contributed by atoms with van der Waals surface area (Å²) < 4.78 is 28.2. The molecule has 114 valence electrons. The molecule has 0 aromatic carbocycles. The van der Waals surface area contributed by atoms with Crippen molar-refractivity contribution in [2.24, 2.45) is 0 Å². The number of likely N-dealkylation sites (tertiary alicyclic amines) is 1. The Morgan fingerprint density at radius 2 is 2.30 bits per heavy atom. The largest absolute Gasteiger partial charge is 0.305 e. The van der Waals surface area contributed by atoms with E-state index >= 15 is 0 Å². The van der Waals surface area contributed by atoms with Crippen molar-refractivity contribution < 1.29 is 8.42 Å². The van der Waals surface area contributed by atoms with Crippen molar-refractivity contribution in [3.63, 3.8) is 0 Å². The highest BCUT2D eigenvalue weighted by molar-refractivity contribution is 7.89. The van der Waals surface area contributed by atoms with Crippen molar-refractivity contribution in [1.29, 1.82) is 0 Å². The molecule has 0 N–H and O–H groups in total. The number of sulfonamides is 1. The van der Waals surface area contributed by atoms with E-state index in [1.807, 2.05) is 7.05 Å². The fourth-order valence-electron chi connectivity index (χ4n) is 2.49. The average molecular weight is 321 g/mol. The van der Waals surface area contributed by atoms with Gasteiger partial charge in [0, 0.05) is 31.7 Å². The maximum Gasteiger partial charge on any atom is 0.246 e. The van der Waals surface area contributed by atoms with Crippen LogP contribution in [-0.4, -0.2) is 66.5 Å². The van der Waals surface area contributed by atoms with Gasteiger partial charge >= 0.3 is 0 Å². The fourth-order valence-corrected chi connectivity index (χ4v) is 3.99. The molecule has 0 amide bonds. The van der Waals surface area contributed by atoms with Gasteiger partial charge in [-0.25, -0.2) is 8.42 Å². The molecule has 0 radical (unpaired) electrons. The van der Waals surface area contributed by atoms with Gasteiger partial charge in [-0.1, -0.05) is 0 Å². The second-order valence-electron chi connectivity index (χ2n) is 5.21. The van der Waals surface area contributed by atoms with Crippen LogP contribution in [0.25, 0.3) is 0 Å². The zero-order valence-electron chi connectivity index (χ0n) is 11.9. The average Bonchev–Trinajstić information content (AvgIpc) is 2.87. The maximum atomic E-state index is 12.6. The number of nitrogens with zero attached hydrogens (tertiary/aromatic N) is 4. The summed E-state index contributed by atoms with van der Waals surface area (Å²) in [6, 6.07) is 0.0233. The summed E-state index contributed by atoms with van der Waals surface area (Å²) in [5.74, 6) is 0.407. The molecule has 8 heteroatoms. The molecule has 1 fully saturated rings. The first kappa shape index (κ1) is 15.8. The normalized spacial score (nSPS) is 21.5. The zero-order chi connectivity index (χ0) is 14.8. The third-order valence-electron chi connectivity index (χ3n) is 3.71. The summed E-state index contributed by atoms with van der Waals surface area (Å²) in [6.07, 6.45) is 4.86. The first-order valence-corrected chi connectivity index (χ1v) is 8.67. The lowest BCUT2D eigenvalue weighted by atomic mass is 10.1. The third-order valence-corrected chi connectivity index (χ3v) is 5.75. The van der Waals surface area contributed by atoms with Crippen molar-refractivity contribution in [3.05, 3.63) is 12.4 Å². The second kappa shape index (κ2) is 6.43. The molecule has 1 atom stereocenters. The van der Waals surface area contributed by atoms with E-state index in [1.165, 1.54) is 10.5 Å². The van der Waals surface area contributed by atoms with E-state index in [2.05, 4.69) is 10.00 Å². The van der Waals surface area contributed by atoms with Crippen molar-refractivity contribution in [1.82, 2.24) is 19.0 Å². The van der Waals surface area contributed by atoms with Crippen LogP contribution in [0.4, 0.5) is 0 Å². The minimum Gasteiger partial charge on any atom is -0.305 e. The molecule has 1 aromatic heterocycles. The van der Waals surface area contributed by atoms with E-state index in [1.54, 1.807) is 17.9 Å². The van der Waals surface area contributed by atoms with Crippen LogP contribution in [-0.2, 0) is 16.6 Å². The number of likely N-dealkylation sites (N-methyl/N-ethyl adjacent to an activating group) is 2. The van der Waals surface area contributed by atoms with Crippen LogP contribution in [0.15, 0.2) is 17.3 Å². The van der Waals surface area contributed by atoms with Crippen LogP contribution in [0.2, 0.25) is 0 Å². The molecule has 1 aromatic rings. The predicted molar refractivity (Wildman–Crippen MR) is 78.4 cm³/mol. The molecule has 2 heterocycles.